The van der Waals surface area contributed by atoms with Gasteiger partial charge in [-0.1, -0.05) is 18.2 Å². The van der Waals surface area contributed by atoms with Crippen LogP contribution in [0.15, 0.2) is 53.6 Å². The molecular weight excluding hydrogens is 454 g/mol. The van der Waals surface area contributed by atoms with Crippen molar-refractivity contribution in [3.63, 3.8) is 0 Å². The van der Waals surface area contributed by atoms with Gasteiger partial charge in [-0.3, -0.25) is 4.79 Å². The third-order valence-corrected chi connectivity index (χ3v) is 6.21. The minimum Gasteiger partial charge on any atom is -0.390 e. The van der Waals surface area contributed by atoms with Gasteiger partial charge in [0.05, 0.1) is 17.1 Å². The van der Waals surface area contributed by atoms with Gasteiger partial charge in [0.25, 0.3) is 17.4 Å². The third-order valence-electron chi connectivity index (χ3n) is 6.21. The van der Waals surface area contributed by atoms with Gasteiger partial charge in [0.15, 0.2) is 5.65 Å². The van der Waals surface area contributed by atoms with Crippen LogP contribution in [0.5, 0.6) is 0 Å². The smallest absolute Gasteiger partial charge is 0.295 e. The van der Waals surface area contributed by atoms with Gasteiger partial charge in [0.1, 0.15) is 12.4 Å². The van der Waals surface area contributed by atoms with Crippen molar-refractivity contribution < 1.29 is 22.7 Å². The monoisotopic (exact) mass is 475 g/mol. The number of aliphatic hydroxyl groups is 1. The molecule has 0 aliphatic heterocycles. The average molecular weight is 475 g/mol. The van der Waals surface area contributed by atoms with E-state index in [1.807, 2.05) is 0 Å². The molecule has 1 aliphatic rings. The summed E-state index contributed by atoms with van der Waals surface area (Å²) < 4.78 is 57.6. The Morgan fingerprint density at radius 3 is 2.74 bits per heavy atom. The molecule has 0 radical (unpaired) electrons. The fraction of sp³-hybridized carbons (Fsp3) is 0.348. The summed E-state index contributed by atoms with van der Waals surface area (Å²) in [4.78, 5) is 17.3. The van der Waals surface area contributed by atoms with Gasteiger partial charge in [0.2, 0.25) is 0 Å². The quantitative estimate of drug-likeness (QED) is 0.407. The minimum atomic E-state index is -3.38. The predicted octanol–water partition coefficient (Wildman–Crippen LogP) is 4.27. The van der Waals surface area contributed by atoms with Gasteiger partial charge in [-0.2, -0.15) is 13.9 Å². The molecule has 11 heteroatoms. The Balaban J connectivity index is 1.57. The molecule has 7 nitrogen and oxygen atoms in total. The van der Waals surface area contributed by atoms with E-state index in [2.05, 4.69) is 15.4 Å². The first kappa shape index (κ1) is 22.3. The Hall–Kier alpha value is -3.47. The Labute approximate surface area is 190 Å². The third kappa shape index (κ3) is 3.79. The van der Waals surface area contributed by atoms with E-state index in [0.717, 1.165) is 0 Å². The van der Waals surface area contributed by atoms with Crippen molar-refractivity contribution in [2.24, 2.45) is 0 Å². The molecule has 4 aromatic rings. The molecule has 1 aromatic carbocycles. The number of rotatable bonds is 6. The first-order valence-corrected chi connectivity index (χ1v) is 10.7. The summed E-state index contributed by atoms with van der Waals surface area (Å²) in [5, 5.41) is 16.9. The second-order valence-corrected chi connectivity index (χ2v) is 8.65. The molecule has 1 atom stereocenters. The maximum Gasteiger partial charge on any atom is 0.295 e. The molecule has 0 amide bonds. The van der Waals surface area contributed by atoms with Crippen LogP contribution in [-0.4, -0.2) is 36.8 Å². The zero-order chi connectivity index (χ0) is 24.3. The molecule has 178 valence electrons. The molecule has 0 unspecified atom stereocenters. The zero-order valence-electron chi connectivity index (χ0n) is 18.1. The van der Waals surface area contributed by atoms with E-state index in [-0.39, 0.29) is 5.56 Å². The van der Waals surface area contributed by atoms with E-state index >= 15 is 0 Å². The lowest BCUT2D eigenvalue weighted by molar-refractivity contribution is -0.104. The molecule has 3 aromatic heterocycles. The second-order valence-electron chi connectivity index (χ2n) is 8.65. The number of halogens is 4. The van der Waals surface area contributed by atoms with E-state index in [4.69, 9.17) is 5.11 Å². The molecule has 1 saturated carbocycles. The second kappa shape index (κ2) is 7.79. The number of nitrogens with zero attached hydrogens (tertiary/aromatic N) is 4. The number of pyridine rings is 1. The summed E-state index contributed by atoms with van der Waals surface area (Å²) in [7, 11) is 0. The Morgan fingerprint density at radius 2 is 2.03 bits per heavy atom. The van der Waals surface area contributed by atoms with Crippen LogP contribution in [0.4, 0.5) is 23.4 Å². The molecule has 0 bridgehead atoms. The van der Waals surface area contributed by atoms with Crippen molar-refractivity contribution in [1.82, 2.24) is 19.2 Å². The Kier molecular flexibility index (Phi) is 5.12. The van der Waals surface area contributed by atoms with E-state index in [9.17, 15) is 22.4 Å². The van der Waals surface area contributed by atoms with Crippen molar-refractivity contribution >= 4 is 22.4 Å². The Morgan fingerprint density at radius 1 is 1.26 bits per heavy atom. The summed E-state index contributed by atoms with van der Waals surface area (Å²) in [6, 6.07) is 7.58. The van der Waals surface area contributed by atoms with Crippen molar-refractivity contribution in [2.75, 3.05) is 11.9 Å². The van der Waals surface area contributed by atoms with Gasteiger partial charge < -0.3 is 15.0 Å². The number of fused-ring (bicyclic) bond motifs is 3. The van der Waals surface area contributed by atoms with E-state index < -0.39 is 48.9 Å². The number of benzene rings is 1. The summed E-state index contributed by atoms with van der Waals surface area (Å²) >= 11 is 0. The van der Waals surface area contributed by atoms with E-state index in [1.54, 1.807) is 19.1 Å². The molecule has 2 N–H and O–H groups in total. The summed E-state index contributed by atoms with van der Waals surface area (Å²) in [6.45, 7) is 0.451. The van der Waals surface area contributed by atoms with Crippen LogP contribution in [0.2, 0.25) is 0 Å². The molecule has 34 heavy (non-hydrogen) atoms. The van der Waals surface area contributed by atoms with Gasteiger partial charge in [0, 0.05) is 48.8 Å². The number of nitrogens with one attached hydrogen (secondary N) is 1. The number of aromatic nitrogens is 4. The molecule has 1 fully saturated rings. The lowest BCUT2D eigenvalue weighted by Gasteiger charge is -2.36. The van der Waals surface area contributed by atoms with Gasteiger partial charge >= 0.3 is 0 Å². The summed E-state index contributed by atoms with van der Waals surface area (Å²) in [6.07, 6.45) is 2.19. The molecule has 1 aliphatic carbocycles. The van der Waals surface area contributed by atoms with E-state index in [0.29, 0.717) is 27.9 Å². The number of alkyl halides is 4. The first-order chi connectivity index (χ1) is 16.1. The lowest BCUT2D eigenvalue weighted by Crippen LogP contribution is -2.40. The fourth-order valence-electron chi connectivity index (χ4n) is 4.27. The van der Waals surface area contributed by atoms with Crippen LogP contribution in [0.3, 0.4) is 0 Å². The topological polar surface area (TPSA) is 84.5 Å². The summed E-state index contributed by atoms with van der Waals surface area (Å²) in [5.41, 5.74) is 0.687. The maximum absolute atomic E-state index is 14.0. The van der Waals surface area contributed by atoms with Gasteiger partial charge in [-0.05, 0) is 18.6 Å². The van der Waals surface area contributed by atoms with Crippen molar-refractivity contribution in [3.8, 4) is 0 Å². The predicted molar refractivity (Wildman–Crippen MR) is 117 cm³/mol. The molecule has 3 heterocycles. The van der Waals surface area contributed by atoms with Crippen LogP contribution >= 0.6 is 0 Å². The van der Waals surface area contributed by atoms with Crippen molar-refractivity contribution in [3.05, 3.63) is 70.3 Å². The highest BCUT2D eigenvalue weighted by molar-refractivity contribution is 5.90. The summed E-state index contributed by atoms with van der Waals surface area (Å²) in [5.74, 6) is -5.81. The highest BCUT2D eigenvalue weighted by Crippen LogP contribution is 2.45. The Bertz CT molecular complexity index is 1440. The molecule has 5 rings (SSSR count). The van der Waals surface area contributed by atoms with Crippen LogP contribution in [0.1, 0.15) is 43.0 Å². The highest BCUT2D eigenvalue weighted by atomic mass is 19.3. The molecular formula is C23H21F4N5O2. The minimum absolute atomic E-state index is 0.315. The standard InChI is InChI=1S/C23H21F4N5O2/c1-13(14-3-2-4-15(7-14)23(26,27)12-33)29-21-17-11-31(16-9-22(24,25)10-16)20(34)8-18(17)32-19(30-21)5-6-28-32/h2-8,11,13,16,33H,9-10,12H2,1H3,(H,29,30)/t13-/m1/s1. The largest absolute Gasteiger partial charge is 0.390 e. The van der Waals surface area contributed by atoms with Crippen molar-refractivity contribution in [1.29, 1.82) is 0 Å². The highest BCUT2D eigenvalue weighted by Gasteiger charge is 2.46. The van der Waals surface area contributed by atoms with Crippen LogP contribution in [0.25, 0.3) is 16.6 Å². The van der Waals surface area contributed by atoms with Crippen molar-refractivity contribution in [2.45, 2.75) is 43.7 Å². The van der Waals surface area contributed by atoms with E-state index in [1.165, 1.54) is 45.7 Å². The number of aliphatic hydroxyl groups excluding tert-OH is 1. The number of anilines is 1. The molecule has 0 spiro atoms. The fourth-order valence-corrected chi connectivity index (χ4v) is 4.27. The average Bonchev–Trinajstić information content (AvgIpc) is 3.26. The van der Waals surface area contributed by atoms with Gasteiger partial charge in [-0.15, -0.1) is 0 Å². The van der Waals surface area contributed by atoms with Gasteiger partial charge in [-0.25, -0.2) is 18.3 Å². The van der Waals surface area contributed by atoms with Crippen LogP contribution in [-0.2, 0) is 5.92 Å². The van der Waals surface area contributed by atoms with Crippen LogP contribution < -0.4 is 10.9 Å². The maximum atomic E-state index is 14.0. The van der Waals surface area contributed by atoms with Crippen LogP contribution in [0, 0.1) is 0 Å². The normalized spacial score (nSPS) is 17.1. The molecule has 0 saturated heterocycles. The zero-order valence-corrected chi connectivity index (χ0v) is 18.1. The number of hydrogen-bond donors (Lipinski definition) is 2. The lowest BCUT2D eigenvalue weighted by atomic mass is 9.88. The first-order valence-electron chi connectivity index (χ1n) is 10.7. The number of hydrogen-bond acceptors (Lipinski definition) is 5. The SMILES string of the molecule is C[C@@H](Nc1nc2ccnn2c2cc(=O)n(C3CC(F)(F)C3)cc12)c1cccc(C(F)(F)CO)c1.